The number of carbonyl (C=O) groups excluding carboxylic acids is 2. The van der Waals surface area contributed by atoms with Crippen molar-refractivity contribution in [3.05, 3.63) is 128 Å². The highest BCUT2D eigenvalue weighted by molar-refractivity contribution is 5.90. The highest BCUT2D eigenvalue weighted by atomic mass is 16.2. The lowest BCUT2D eigenvalue weighted by Gasteiger charge is -2.42. The molecule has 10 nitrogen and oxygen atoms in total. The Kier molecular flexibility index (Phi) is 7.42. The quantitative estimate of drug-likeness (QED) is 0.334. The Balaban J connectivity index is 0.843. The highest BCUT2D eigenvalue weighted by Gasteiger charge is 2.37. The van der Waals surface area contributed by atoms with E-state index in [1.165, 1.54) is 0 Å². The number of anilines is 2. The van der Waals surface area contributed by atoms with Gasteiger partial charge in [0.05, 0.1) is 0 Å². The maximum Gasteiger partial charge on any atom is 0.321 e. The summed E-state index contributed by atoms with van der Waals surface area (Å²) in [5.41, 5.74) is 5.88. The predicted octanol–water partition coefficient (Wildman–Crippen LogP) is 4.90. The number of nitrogens with zero attached hydrogens (tertiary/aromatic N) is 4. The second-order valence-corrected chi connectivity index (χ2v) is 13.6. The smallest absolute Gasteiger partial charge is 0.321 e. The second kappa shape index (κ2) is 11.9. The van der Waals surface area contributed by atoms with Crippen LogP contribution in [0.25, 0.3) is 0 Å². The molecule has 2 N–H and O–H groups in total. The third-order valence-electron chi connectivity index (χ3n) is 10.4. The first-order valence-electron chi connectivity index (χ1n) is 16.6. The number of amides is 4. The molecule has 47 heavy (non-hydrogen) atoms. The molecule has 8 rings (SSSR count). The number of aromatic nitrogens is 2. The van der Waals surface area contributed by atoms with Crippen LogP contribution < -0.4 is 21.8 Å². The summed E-state index contributed by atoms with van der Waals surface area (Å²) in [4.78, 5) is 54.7. The van der Waals surface area contributed by atoms with Crippen molar-refractivity contribution in [1.29, 1.82) is 0 Å². The maximum absolute atomic E-state index is 13.2. The zero-order valence-corrected chi connectivity index (χ0v) is 26.2. The van der Waals surface area contributed by atoms with E-state index in [1.54, 1.807) is 12.1 Å². The number of carbonyl (C=O) groups is 2. The lowest BCUT2D eigenvalue weighted by atomic mass is 9.83. The van der Waals surface area contributed by atoms with Crippen molar-refractivity contribution >= 4 is 23.4 Å². The van der Waals surface area contributed by atoms with Crippen LogP contribution in [0.2, 0.25) is 0 Å². The average Bonchev–Trinajstić information content (AvgIpc) is 3.07. The van der Waals surface area contributed by atoms with Crippen molar-refractivity contribution in [2.24, 2.45) is 11.8 Å². The number of urea groups is 2. The van der Waals surface area contributed by atoms with Crippen LogP contribution >= 0.6 is 0 Å². The Hall–Kier alpha value is -5.12. The minimum absolute atomic E-state index is 0.0426. The number of nitrogens with one attached hydrogen (secondary N) is 2. The predicted molar refractivity (Wildman–Crippen MR) is 180 cm³/mol. The topological polar surface area (TPSA) is 109 Å². The standard InChI is InChI=1S/C37H38N6O4/c44-34-5-1-3-32-28-16-26(20-42(32)34)18-40(22-28)36(46)38-30-11-7-24(8-12-30)15-25-9-13-31(14-10-25)39-37(47)41-19-27-17-29(23-41)33-4-2-6-35(45)43(33)21-27/h1-14,26-29H,15-23H2,(H,38,46)(H,39,47)/t26-,27+,28-,29-/m0/s1. The summed E-state index contributed by atoms with van der Waals surface area (Å²) >= 11 is 0. The van der Waals surface area contributed by atoms with Crippen LogP contribution in [0.3, 0.4) is 0 Å². The van der Waals surface area contributed by atoms with E-state index in [4.69, 9.17) is 0 Å². The summed E-state index contributed by atoms with van der Waals surface area (Å²) in [5.74, 6) is 0.927. The minimum atomic E-state index is -0.107. The molecule has 2 aromatic carbocycles. The van der Waals surface area contributed by atoms with Crippen LogP contribution in [0.5, 0.6) is 0 Å². The molecule has 6 heterocycles. The van der Waals surface area contributed by atoms with E-state index in [-0.39, 0.29) is 46.9 Å². The molecule has 4 aliphatic heterocycles. The van der Waals surface area contributed by atoms with Crippen LogP contribution in [-0.2, 0) is 19.5 Å². The minimum Gasteiger partial charge on any atom is -0.324 e. The Bertz CT molecular complexity index is 1810. The van der Waals surface area contributed by atoms with Crippen molar-refractivity contribution in [1.82, 2.24) is 18.9 Å². The molecule has 2 saturated heterocycles. The van der Waals surface area contributed by atoms with E-state index < -0.39 is 0 Å². The highest BCUT2D eigenvalue weighted by Crippen LogP contribution is 2.36. The molecule has 2 aromatic heterocycles. The van der Waals surface area contributed by atoms with Gasteiger partial charge in [-0.15, -0.1) is 0 Å². The summed E-state index contributed by atoms with van der Waals surface area (Å²) in [6.45, 7) is 3.83. The first-order chi connectivity index (χ1) is 22.9. The van der Waals surface area contributed by atoms with E-state index in [9.17, 15) is 19.2 Å². The van der Waals surface area contributed by atoms with Gasteiger partial charge in [0, 0.05) is 86.0 Å². The van der Waals surface area contributed by atoms with Gasteiger partial charge in [-0.25, -0.2) is 9.59 Å². The molecule has 4 aromatic rings. The van der Waals surface area contributed by atoms with Crippen LogP contribution in [0.15, 0.2) is 94.5 Å². The Labute approximate surface area is 272 Å². The molecule has 4 bridgehead atoms. The van der Waals surface area contributed by atoms with E-state index in [1.807, 2.05) is 91.7 Å². The summed E-state index contributed by atoms with van der Waals surface area (Å²) in [6.07, 6.45) is 2.74. The van der Waals surface area contributed by atoms with Crippen molar-refractivity contribution in [2.45, 2.75) is 44.2 Å². The number of hydrogen-bond acceptors (Lipinski definition) is 4. The fraction of sp³-hybridized carbons (Fsp3) is 0.351. The van der Waals surface area contributed by atoms with Crippen LogP contribution in [0, 0.1) is 11.8 Å². The third-order valence-corrected chi connectivity index (χ3v) is 10.4. The number of pyridine rings is 2. The molecule has 0 aliphatic carbocycles. The van der Waals surface area contributed by atoms with E-state index in [0.717, 1.165) is 53.2 Å². The van der Waals surface area contributed by atoms with Gasteiger partial charge in [-0.1, -0.05) is 36.4 Å². The van der Waals surface area contributed by atoms with Gasteiger partial charge in [-0.2, -0.15) is 0 Å². The van der Waals surface area contributed by atoms with Gasteiger partial charge in [0.25, 0.3) is 11.1 Å². The lowest BCUT2D eigenvalue weighted by Crippen LogP contribution is -2.50. The molecule has 0 unspecified atom stereocenters. The van der Waals surface area contributed by atoms with Crippen molar-refractivity contribution < 1.29 is 9.59 Å². The fourth-order valence-corrected chi connectivity index (χ4v) is 8.18. The molecule has 0 spiro atoms. The monoisotopic (exact) mass is 630 g/mol. The number of likely N-dealkylation sites (tertiary alicyclic amines) is 2. The fourth-order valence-electron chi connectivity index (χ4n) is 8.18. The Morgan fingerprint density at radius 2 is 0.979 bits per heavy atom. The molecular formula is C37H38N6O4. The van der Waals surface area contributed by atoms with Gasteiger partial charge in [-0.3, -0.25) is 9.59 Å². The number of fused-ring (bicyclic) bond motifs is 8. The van der Waals surface area contributed by atoms with Gasteiger partial charge in [0.1, 0.15) is 0 Å². The second-order valence-electron chi connectivity index (χ2n) is 13.6. The Morgan fingerprint density at radius 3 is 1.40 bits per heavy atom. The van der Waals surface area contributed by atoms with E-state index in [2.05, 4.69) is 10.6 Å². The molecule has 4 atom stereocenters. The summed E-state index contributed by atoms with van der Waals surface area (Å²) < 4.78 is 3.75. The molecule has 0 radical (unpaired) electrons. The number of hydrogen-bond donors (Lipinski definition) is 2. The van der Waals surface area contributed by atoms with Crippen molar-refractivity contribution in [3.8, 4) is 0 Å². The zero-order chi connectivity index (χ0) is 32.1. The third kappa shape index (κ3) is 5.84. The summed E-state index contributed by atoms with van der Waals surface area (Å²) in [6, 6.07) is 26.5. The number of benzene rings is 2. The van der Waals surface area contributed by atoms with E-state index in [0.29, 0.717) is 39.3 Å². The van der Waals surface area contributed by atoms with Crippen molar-refractivity contribution in [3.63, 3.8) is 0 Å². The molecule has 4 aliphatic rings. The van der Waals surface area contributed by atoms with Crippen LogP contribution in [0.1, 0.15) is 47.2 Å². The lowest BCUT2D eigenvalue weighted by molar-refractivity contribution is 0.139. The number of rotatable bonds is 4. The van der Waals surface area contributed by atoms with E-state index >= 15 is 0 Å². The largest absolute Gasteiger partial charge is 0.324 e. The average molecular weight is 631 g/mol. The van der Waals surface area contributed by atoms with Gasteiger partial charge in [0.15, 0.2) is 0 Å². The normalized spacial score (nSPS) is 22.6. The van der Waals surface area contributed by atoms with Crippen LogP contribution in [0.4, 0.5) is 21.0 Å². The molecular weight excluding hydrogens is 592 g/mol. The SMILES string of the molecule is O=C(Nc1ccc(Cc2ccc(NC(=O)N3C[C@@H]4C[C@@H](C3)c3cccc(=O)n3C4)cc2)cc1)N1C[C@H]2C[C@@H](C1)c1cccc(=O)n1C2. The van der Waals surface area contributed by atoms with Crippen molar-refractivity contribution in [2.75, 3.05) is 36.8 Å². The Morgan fingerprint density at radius 1 is 0.553 bits per heavy atom. The first kappa shape index (κ1) is 29.3. The van der Waals surface area contributed by atoms with Gasteiger partial charge >= 0.3 is 12.1 Å². The summed E-state index contributed by atoms with van der Waals surface area (Å²) in [5, 5.41) is 6.12. The molecule has 4 amide bonds. The molecule has 0 saturated carbocycles. The van der Waals surface area contributed by atoms with Gasteiger partial charge in [-0.05, 0) is 78.6 Å². The van der Waals surface area contributed by atoms with Crippen LogP contribution in [-0.4, -0.2) is 57.2 Å². The first-order valence-corrected chi connectivity index (χ1v) is 16.6. The number of piperidine rings is 2. The van der Waals surface area contributed by atoms with Gasteiger partial charge < -0.3 is 29.6 Å². The molecule has 2 fully saturated rings. The molecule has 240 valence electrons. The molecule has 10 heteroatoms. The maximum atomic E-state index is 13.2. The zero-order valence-electron chi connectivity index (χ0n) is 26.2. The van der Waals surface area contributed by atoms with Gasteiger partial charge in [0.2, 0.25) is 0 Å². The summed E-state index contributed by atoms with van der Waals surface area (Å²) in [7, 11) is 0.